The van der Waals surface area contributed by atoms with E-state index in [-0.39, 0.29) is 0 Å². The molecule has 0 radical (unpaired) electrons. The minimum Gasteiger partial charge on any atom is -0.103 e. The van der Waals surface area contributed by atoms with E-state index >= 15 is 0 Å². The van der Waals surface area contributed by atoms with E-state index in [0.29, 0.717) is 5.92 Å². The summed E-state index contributed by atoms with van der Waals surface area (Å²) in [5.74, 6) is 0.629. The Morgan fingerprint density at radius 2 is 1.47 bits per heavy atom. The van der Waals surface area contributed by atoms with Crippen molar-refractivity contribution >= 4 is 0 Å². The first-order valence-electron chi connectivity index (χ1n) is 7.58. The van der Waals surface area contributed by atoms with Gasteiger partial charge in [-0.2, -0.15) is 0 Å². The highest BCUT2D eigenvalue weighted by Crippen LogP contribution is 2.10. The maximum absolute atomic E-state index is 3.80. The molecular formula is C17H32. The third-order valence-corrected chi connectivity index (χ3v) is 3.30. The van der Waals surface area contributed by atoms with Crippen molar-refractivity contribution in [2.75, 3.05) is 0 Å². The van der Waals surface area contributed by atoms with E-state index in [1.54, 1.807) is 0 Å². The normalized spacial score (nSPS) is 13.1. The topological polar surface area (TPSA) is 0 Å². The van der Waals surface area contributed by atoms with Gasteiger partial charge in [-0.3, -0.25) is 0 Å². The molecule has 1 unspecified atom stereocenters. The van der Waals surface area contributed by atoms with Crippen LogP contribution in [0.3, 0.4) is 0 Å². The van der Waals surface area contributed by atoms with E-state index in [1.807, 2.05) is 6.08 Å². The van der Waals surface area contributed by atoms with Gasteiger partial charge in [-0.25, -0.2) is 0 Å². The average molecular weight is 236 g/mol. The maximum Gasteiger partial charge on any atom is -0.0230 e. The lowest BCUT2D eigenvalue weighted by molar-refractivity contribution is 0.577. The van der Waals surface area contributed by atoms with Crippen molar-refractivity contribution in [3.63, 3.8) is 0 Å². The SMILES string of the molecule is C=CC(C)CC=CCCCCCCCCCC. The molecule has 0 amide bonds. The lowest BCUT2D eigenvalue weighted by atomic mass is 10.1. The summed E-state index contributed by atoms with van der Waals surface area (Å²) in [5, 5.41) is 0. The van der Waals surface area contributed by atoms with Crippen molar-refractivity contribution in [1.82, 2.24) is 0 Å². The molecule has 0 spiro atoms. The summed E-state index contributed by atoms with van der Waals surface area (Å²) in [6.07, 6.45) is 20.4. The van der Waals surface area contributed by atoms with Gasteiger partial charge in [-0.05, 0) is 25.2 Å². The largest absolute Gasteiger partial charge is 0.103 e. The van der Waals surface area contributed by atoms with Crippen LogP contribution in [-0.4, -0.2) is 0 Å². The highest BCUT2D eigenvalue weighted by atomic mass is 14.0. The van der Waals surface area contributed by atoms with Gasteiger partial charge in [0.15, 0.2) is 0 Å². The molecule has 0 nitrogen and oxygen atoms in total. The second-order valence-electron chi connectivity index (χ2n) is 5.18. The number of allylic oxidation sites excluding steroid dienone is 3. The Hall–Kier alpha value is -0.520. The van der Waals surface area contributed by atoms with Gasteiger partial charge in [0.05, 0.1) is 0 Å². The van der Waals surface area contributed by atoms with Crippen LogP contribution < -0.4 is 0 Å². The lowest BCUT2D eigenvalue weighted by Gasteiger charge is -2.00. The van der Waals surface area contributed by atoms with E-state index < -0.39 is 0 Å². The zero-order chi connectivity index (χ0) is 12.8. The van der Waals surface area contributed by atoms with Crippen LogP contribution in [0.5, 0.6) is 0 Å². The molecule has 0 heterocycles. The standard InChI is InChI=1S/C17H32/c1-4-6-7-8-9-10-11-12-13-14-15-16-17(3)5-2/h5,14-15,17H,2,4,6-13,16H2,1,3H3. The number of hydrogen-bond donors (Lipinski definition) is 0. The van der Waals surface area contributed by atoms with Crippen LogP contribution in [0.4, 0.5) is 0 Å². The third kappa shape index (κ3) is 13.4. The molecule has 0 saturated carbocycles. The van der Waals surface area contributed by atoms with E-state index in [4.69, 9.17) is 0 Å². The van der Waals surface area contributed by atoms with E-state index in [0.717, 1.165) is 6.42 Å². The molecule has 0 bridgehead atoms. The number of hydrogen-bond acceptors (Lipinski definition) is 0. The number of rotatable bonds is 12. The van der Waals surface area contributed by atoms with E-state index in [1.165, 1.54) is 57.8 Å². The van der Waals surface area contributed by atoms with Crippen LogP contribution >= 0.6 is 0 Å². The Morgan fingerprint density at radius 3 is 2.06 bits per heavy atom. The molecule has 0 aliphatic carbocycles. The maximum atomic E-state index is 3.80. The van der Waals surface area contributed by atoms with Crippen molar-refractivity contribution in [3.05, 3.63) is 24.8 Å². The molecule has 0 aliphatic heterocycles. The fourth-order valence-electron chi connectivity index (χ4n) is 1.92. The first-order chi connectivity index (χ1) is 8.31. The fraction of sp³-hybridized carbons (Fsp3) is 0.765. The smallest absolute Gasteiger partial charge is 0.0230 e. The van der Waals surface area contributed by atoms with Crippen molar-refractivity contribution in [1.29, 1.82) is 0 Å². The van der Waals surface area contributed by atoms with Crippen molar-refractivity contribution in [3.8, 4) is 0 Å². The summed E-state index contributed by atoms with van der Waals surface area (Å²) in [7, 11) is 0. The zero-order valence-electron chi connectivity index (χ0n) is 12.1. The summed E-state index contributed by atoms with van der Waals surface area (Å²) in [6, 6.07) is 0. The van der Waals surface area contributed by atoms with Crippen molar-refractivity contribution < 1.29 is 0 Å². The second kappa shape index (κ2) is 13.5. The first kappa shape index (κ1) is 16.5. The molecular weight excluding hydrogens is 204 g/mol. The van der Waals surface area contributed by atoms with Crippen LogP contribution in [0, 0.1) is 5.92 Å². The minimum atomic E-state index is 0.629. The molecule has 1 atom stereocenters. The monoisotopic (exact) mass is 236 g/mol. The van der Waals surface area contributed by atoms with Crippen LogP contribution in [0.2, 0.25) is 0 Å². The van der Waals surface area contributed by atoms with E-state index in [9.17, 15) is 0 Å². The summed E-state index contributed by atoms with van der Waals surface area (Å²) in [5.41, 5.74) is 0. The molecule has 0 heteroatoms. The highest BCUT2D eigenvalue weighted by molar-refractivity contribution is 4.87. The van der Waals surface area contributed by atoms with Crippen molar-refractivity contribution in [2.24, 2.45) is 5.92 Å². The van der Waals surface area contributed by atoms with Gasteiger partial charge >= 0.3 is 0 Å². The summed E-state index contributed by atoms with van der Waals surface area (Å²) in [4.78, 5) is 0. The van der Waals surface area contributed by atoms with Crippen molar-refractivity contribution in [2.45, 2.75) is 78.1 Å². The Bertz CT molecular complexity index is 178. The molecule has 0 aromatic rings. The van der Waals surface area contributed by atoms with Crippen LogP contribution in [0.1, 0.15) is 78.1 Å². The number of unbranched alkanes of at least 4 members (excludes halogenated alkanes) is 8. The van der Waals surface area contributed by atoms with Gasteiger partial charge in [0.2, 0.25) is 0 Å². The second-order valence-corrected chi connectivity index (χ2v) is 5.18. The lowest BCUT2D eigenvalue weighted by Crippen LogP contribution is -1.84. The zero-order valence-corrected chi connectivity index (χ0v) is 12.1. The Morgan fingerprint density at radius 1 is 0.882 bits per heavy atom. The predicted molar refractivity (Wildman–Crippen MR) is 80.3 cm³/mol. The molecule has 0 aliphatic rings. The molecule has 17 heavy (non-hydrogen) atoms. The van der Waals surface area contributed by atoms with Crippen LogP contribution in [0.15, 0.2) is 24.8 Å². The minimum absolute atomic E-state index is 0.629. The summed E-state index contributed by atoms with van der Waals surface area (Å²) < 4.78 is 0. The van der Waals surface area contributed by atoms with E-state index in [2.05, 4.69) is 32.6 Å². The van der Waals surface area contributed by atoms with Gasteiger partial charge in [-0.1, -0.05) is 77.0 Å². The summed E-state index contributed by atoms with van der Waals surface area (Å²) in [6.45, 7) is 8.29. The fourth-order valence-corrected chi connectivity index (χ4v) is 1.92. The van der Waals surface area contributed by atoms with Gasteiger partial charge in [-0.15, -0.1) is 6.58 Å². The van der Waals surface area contributed by atoms with Gasteiger partial charge in [0, 0.05) is 0 Å². The van der Waals surface area contributed by atoms with Gasteiger partial charge in [0.25, 0.3) is 0 Å². The average Bonchev–Trinajstić information content (AvgIpc) is 2.35. The van der Waals surface area contributed by atoms with Gasteiger partial charge in [0.1, 0.15) is 0 Å². The first-order valence-corrected chi connectivity index (χ1v) is 7.58. The molecule has 0 aromatic heterocycles. The molecule has 0 rings (SSSR count). The molecule has 0 N–H and O–H groups in total. The quantitative estimate of drug-likeness (QED) is 0.276. The molecule has 0 saturated heterocycles. The van der Waals surface area contributed by atoms with Gasteiger partial charge < -0.3 is 0 Å². The Kier molecular flexibility index (Phi) is 13.1. The van der Waals surface area contributed by atoms with Crippen LogP contribution in [-0.2, 0) is 0 Å². The third-order valence-electron chi connectivity index (χ3n) is 3.30. The Labute approximate surface area is 109 Å². The highest BCUT2D eigenvalue weighted by Gasteiger charge is 1.91. The predicted octanol–water partition coefficient (Wildman–Crippen LogP) is 6.29. The molecule has 0 aromatic carbocycles. The Balaban J connectivity index is 3.10. The summed E-state index contributed by atoms with van der Waals surface area (Å²) >= 11 is 0. The molecule has 100 valence electrons. The van der Waals surface area contributed by atoms with Crippen LogP contribution in [0.25, 0.3) is 0 Å². The molecule has 0 fully saturated rings.